The van der Waals surface area contributed by atoms with E-state index < -0.39 is 0 Å². The standard InChI is InChI=1S/C9H15ClN2/c1-8(4-10)6-12(3)7-9(2)5-11/h9H,1,4,6-7H2,2-3H3. The molecule has 0 fully saturated rings. The quantitative estimate of drug-likeness (QED) is 0.484. The van der Waals surface area contributed by atoms with E-state index in [-0.39, 0.29) is 5.92 Å². The fourth-order valence-electron chi connectivity index (χ4n) is 0.997. The molecule has 12 heavy (non-hydrogen) atoms. The minimum atomic E-state index is 0.0677. The summed E-state index contributed by atoms with van der Waals surface area (Å²) in [4.78, 5) is 2.05. The summed E-state index contributed by atoms with van der Waals surface area (Å²) in [6.07, 6.45) is 0. The molecule has 0 heterocycles. The van der Waals surface area contributed by atoms with Gasteiger partial charge in [-0.25, -0.2) is 0 Å². The predicted octanol–water partition coefficient (Wildman–Crippen LogP) is 1.87. The third kappa shape index (κ3) is 5.17. The lowest BCUT2D eigenvalue weighted by Gasteiger charge is -2.17. The molecule has 0 aliphatic heterocycles. The highest BCUT2D eigenvalue weighted by molar-refractivity contribution is 6.19. The van der Waals surface area contributed by atoms with Gasteiger partial charge in [0.1, 0.15) is 0 Å². The highest BCUT2D eigenvalue weighted by atomic mass is 35.5. The van der Waals surface area contributed by atoms with Crippen LogP contribution < -0.4 is 0 Å². The van der Waals surface area contributed by atoms with E-state index in [1.807, 2.05) is 14.0 Å². The molecule has 0 aliphatic carbocycles. The molecule has 0 saturated carbocycles. The maximum absolute atomic E-state index is 8.55. The summed E-state index contributed by atoms with van der Waals surface area (Å²) in [7, 11) is 1.96. The first kappa shape index (κ1) is 11.5. The number of nitrogens with zero attached hydrogens (tertiary/aromatic N) is 2. The molecule has 0 N–H and O–H groups in total. The van der Waals surface area contributed by atoms with Gasteiger partial charge in [-0.05, 0) is 19.5 Å². The lowest BCUT2D eigenvalue weighted by atomic mass is 10.2. The zero-order chi connectivity index (χ0) is 9.56. The summed E-state index contributed by atoms with van der Waals surface area (Å²) in [5.41, 5.74) is 0.990. The van der Waals surface area contributed by atoms with Crippen LogP contribution in [0.2, 0.25) is 0 Å². The zero-order valence-corrected chi connectivity index (χ0v) is 8.43. The van der Waals surface area contributed by atoms with E-state index in [4.69, 9.17) is 16.9 Å². The number of hydrogen-bond acceptors (Lipinski definition) is 2. The number of nitriles is 1. The molecule has 0 bridgehead atoms. The van der Waals surface area contributed by atoms with Gasteiger partial charge in [-0.15, -0.1) is 11.6 Å². The predicted molar refractivity (Wildman–Crippen MR) is 52.1 cm³/mol. The summed E-state index contributed by atoms with van der Waals surface area (Å²) in [5, 5.41) is 8.55. The SMILES string of the molecule is C=C(CCl)CN(C)CC(C)C#N. The van der Waals surface area contributed by atoms with Gasteiger partial charge in [-0.2, -0.15) is 5.26 Å². The third-order valence-electron chi connectivity index (χ3n) is 1.49. The fourth-order valence-corrected chi connectivity index (χ4v) is 1.08. The van der Waals surface area contributed by atoms with Crippen LogP contribution in [0.1, 0.15) is 6.92 Å². The second-order valence-corrected chi connectivity index (χ2v) is 3.38. The van der Waals surface area contributed by atoms with Crippen molar-refractivity contribution >= 4 is 11.6 Å². The summed E-state index contributed by atoms with van der Waals surface area (Å²) in [5.74, 6) is 0.559. The van der Waals surface area contributed by atoms with Gasteiger partial charge in [0.25, 0.3) is 0 Å². The average Bonchev–Trinajstić information content (AvgIpc) is 2.03. The second kappa shape index (κ2) is 6.05. The van der Waals surface area contributed by atoms with Crippen LogP contribution in [0.4, 0.5) is 0 Å². The van der Waals surface area contributed by atoms with Gasteiger partial charge < -0.3 is 4.90 Å². The Labute approximate surface area is 79.4 Å². The topological polar surface area (TPSA) is 27.0 Å². The maximum atomic E-state index is 8.55. The molecule has 0 radical (unpaired) electrons. The van der Waals surface area contributed by atoms with Crippen molar-refractivity contribution in [2.24, 2.45) is 5.92 Å². The van der Waals surface area contributed by atoms with Crippen molar-refractivity contribution in [3.63, 3.8) is 0 Å². The van der Waals surface area contributed by atoms with Crippen molar-refractivity contribution in [1.82, 2.24) is 4.90 Å². The first-order valence-electron chi connectivity index (χ1n) is 3.91. The van der Waals surface area contributed by atoms with Gasteiger partial charge in [0, 0.05) is 19.0 Å². The molecule has 0 aromatic rings. The number of hydrogen-bond donors (Lipinski definition) is 0. The van der Waals surface area contributed by atoms with Crippen LogP contribution in [0, 0.1) is 17.2 Å². The van der Waals surface area contributed by atoms with E-state index in [2.05, 4.69) is 17.5 Å². The van der Waals surface area contributed by atoms with Gasteiger partial charge in [0.05, 0.1) is 12.0 Å². The molecule has 0 saturated heterocycles. The van der Waals surface area contributed by atoms with Crippen LogP contribution in [0.15, 0.2) is 12.2 Å². The Bertz CT molecular complexity index is 183. The number of likely N-dealkylation sites (N-methyl/N-ethyl adjacent to an activating group) is 1. The molecule has 1 unspecified atom stereocenters. The van der Waals surface area contributed by atoms with E-state index in [1.165, 1.54) is 0 Å². The molecule has 2 nitrogen and oxygen atoms in total. The largest absolute Gasteiger partial charge is 0.301 e. The lowest BCUT2D eigenvalue weighted by molar-refractivity contribution is 0.335. The van der Waals surface area contributed by atoms with Gasteiger partial charge in [-0.3, -0.25) is 0 Å². The average molecular weight is 187 g/mol. The van der Waals surface area contributed by atoms with Crippen LogP contribution >= 0.6 is 11.6 Å². The smallest absolute Gasteiger partial charge is 0.0666 e. The van der Waals surface area contributed by atoms with Crippen LogP contribution in [0.25, 0.3) is 0 Å². The molecule has 68 valence electrons. The molecule has 0 aromatic carbocycles. The van der Waals surface area contributed by atoms with E-state index in [1.54, 1.807) is 0 Å². The minimum absolute atomic E-state index is 0.0677. The summed E-state index contributed by atoms with van der Waals surface area (Å²) >= 11 is 5.58. The molecule has 3 heteroatoms. The van der Waals surface area contributed by atoms with E-state index in [0.29, 0.717) is 5.88 Å². The Morgan fingerprint density at radius 3 is 2.75 bits per heavy atom. The summed E-state index contributed by atoms with van der Waals surface area (Å²) in [6.45, 7) is 7.24. The number of halogens is 1. The van der Waals surface area contributed by atoms with E-state index in [9.17, 15) is 0 Å². The van der Waals surface area contributed by atoms with Gasteiger partial charge in [-0.1, -0.05) is 6.58 Å². The molecular formula is C9H15ClN2. The number of rotatable bonds is 5. The van der Waals surface area contributed by atoms with Gasteiger partial charge >= 0.3 is 0 Å². The Balaban J connectivity index is 3.67. The molecule has 0 rings (SSSR count). The van der Waals surface area contributed by atoms with Crippen molar-refractivity contribution in [1.29, 1.82) is 5.26 Å². The second-order valence-electron chi connectivity index (χ2n) is 3.11. The lowest BCUT2D eigenvalue weighted by Crippen LogP contribution is -2.26. The Morgan fingerprint density at radius 2 is 2.33 bits per heavy atom. The first-order valence-corrected chi connectivity index (χ1v) is 4.44. The van der Waals surface area contributed by atoms with Crippen LogP contribution in [-0.4, -0.2) is 30.9 Å². The van der Waals surface area contributed by atoms with Crippen molar-refractivity contribution in [2.75, 3.05) is 26.0 Å². The van der Waals surface area contributed by atoms with Crippen molar-refractivity contribution in [2.45, 2.75) is 6.92 Å². The van der Waals surface area contributed by atoms with Gasteiger partial charge in [0.2, 0.25) is 0 Å². The molecule has 0 aliphatic rings. The molecule has 0 amide bonds. The molecular weight excluding hydrogens is 172 g/mol. The summed E-state index contributed by atoms with van der Waals surface area (Å²) in [6, 6.07) is 2.18. The normalized spacial score (nSPS) is 12.6. The summed E-state index contributed by atoms with van der Waals surface area (Å²) < 4.78 is 0. The first-order chi connectivity index (χ1) is 5.60. The van der Waals surface area contributed by atoms with Gasteiger partial charge in [0.15, 0.2) is 0 Å². The molecule has 0 spiro atoms. The van der Waals surface area contributed by atoms with E-state index in [0.717, 1.165) is 18.7 Å². The number of alkyl halides is 1. The Hall–Kier alpha value is -0.520. The maximum Gasteiger partial charge on any atom is 0.0666 e. The van der Waals surface area contributed by atoms with Crippen LogP contribution in [0.3, 0.4) is 0 Å². The fraction of sp³-hybridized carbons (Fsp3) is 0.667. The van der Waals surface area contributed by atoms with Crippen molar-refractivity contribution in [3.8, 4) is 6.07 Å². The van der Waals surface area contributed by atoms with Crippen LogP contribution in [0.5, 0.6) is 0 Å². The van der Waals surface area contributed by atoms with E-state index >= 15 is 0 Å². The highest BCUT2D eigenvalue weighted by Gasteiger charge is 2.05. The van der Waals surface area contributed by atoms with Crippen LogP contribution in [-0.2, 0) is 0 Å². The monoisotopic (exact) mass is 186 g/mol. The minimum Gasteiger partial charge on any atom is -0.301 e. The molecule has 0 aromatic heterocycles. The Kier molecular flexibility index (Phi) is 5.79. The Morgan fingerprint density at radius 1 is 1.75 bits per heavy atom. The third-order valence-corrected chi connectivity index (χ3v) is 1.87. The molecule has 1 atom stereocenters. The zero-order valence-electron chi connectivity index (χ0n) is 7.68. The van der Waals surface area contributed by atoms with Crippen molar-refractivity contribution in [3.05, 3.63) is 12.2 Å². The van der Waals surface area contributed by atoms with Crippen molar-refractivity contribution < 1.29 is 0 Å². The highest BCUT2D eigenvalue weighted by Crippen LogP contribution is 2.00.